The maximum Gasteiger partial charge on any atom is 0.306 e. The summed E-state index contributed by atoms with van der Waals surface area (Å²) in [5.74, 6) is 1.15. The van der Waals surface area contributed by atoms with E-state index < -0.39 is 0 Å². The highest BCUT2D eigenvalue weighted by molar-refractivity contribution is 5.71. The molecule has 2 N–H and O–H groups in total. The van der Waals surface area contributed by atoms with Crippen molar-refractivity contribution in [2.45, 2.75) is 44.4 Å². The molecule has 0 amide bonds. The molecule has 0 saturated heterocycles. The van der Waals surface area contributed by atoms with Crippen LogP contribution in [0.2, 0.25) is 0 Å². The molecule has 0 unspecified atom stereocenters. The van der Waals surface area contributed by atoms with E-state index in [2.05, 4.69) is 47.6 Å². The van der Waals surface area contributed by atoms with Gasteiger partial charge in [-0.2, -0.15) is 0 Å². The molecule has 0 fully saturated rings. The standard InChI is InChI=1S/C30H37N3O3/c1-33(18-4-3-10-27-14-11-23-9-6-17-31-30(23)32-27)21-26(20-29(35)36-2)25-8-5-7-24(19-25)22-12-15-28(34)16-13-22/h5,7-8,11-16,19,26,34H,3-4,6,9-10,17-18,20-21H2,1-2H3,(H,31,32)/t26-/m1/s1. The predicted octanol–water partition coefficient (Wildman–Crippen LogP) is 5.41. The molecule has 0 radical (unpaired) electrons. The molecule has 1 atom stereocenters. The van der Waals surface area contributed by atoms with Gasteiger partial charge in [-0.15, -0.1) is 0 Å². The summed E-state index contributed by atoms with van der Waals surface area (Å²) in [6, 6.07) is 19.9. The molecule has 2 aromatic carbocycles. The Kier molecular flexibility index (Phi) is 8.95. The number of rotatable bonds is 11. The number of aromatic hydroxyl groups is 1. The number of methoxy groups -OCH3 is 1. The monoisotopic (exact) mass is 487 g/mol. The number of nitrogens with zero attached hydrogens (tertiary/aromatic N) is 2. The van der Waals surface area contributed by atoms with Crippen molar-refractivity contribution in [1.29, 1.82) is 0 Å². The molecule has 0 saturated carbocycles. The predicted molar refractivity (Wildman–Crippen MR) is 144 cm³/mol. The van der Waals surface area contributed by atoms with Crippen LogP contribution in [0.4, 0.5) is 5.82 Å². The number of carbonyl (C=O) groups is 1. The number of unbranched alkanes of at least 4 members (excludes halogenated alkanes) is 1. The fraction of sp³-hybridized carbons (Fsp3) is 0.400. The lowest BCUT2D eigenvalue weighted by molar-refractivity contribution is -0.141. The fourth-order valence-corrected chi connectivity index (χ4v) is 4.86. The van der Waals surface area contributed by atoms with E-state index in [-0.39, 0.29) is 17.6 Å². The fourth-order valence-electron chi connectivity index (χ4n) is 4.86. The molecule has 0 bridgehead atoms. The lowest BCUT2D eigenvalue weighted by Gasteiger charge is -2.24. The van der Waals surface area contributed by atoms with Crippen LogP contribution in [0, 0.1) is 0 Å². The second-order valence-corrected chi connectivity index (χ2v) is 9.71. The molecule has 6 heteroatoms. The normalized spacial score (nSPS) is 13.6. The second-order valence-electron chi connectivity index (χ2n) is 9.71. The summed E-state index contributed by atoms with van der Waals surface area (Å²) < 4.78 is 5.00. The number of ether oxygens (including phenoxy) is 1. The van der Waals surface area contributed by atoms with Crippen LogP contribution in [0.25, 0.3) is 11.1 Å². The molecule has 0 spiro atoms. The minimum atomic E-state index is -0.199. The summed E-state index contributed by atoms with van der Waals surface area (Å²) in [7, 11) is 3.56. The lowest BCUT2D eigenvalue weighted by Crippen LogP contribution is -2.27. The van der Waals surface area contributed by atoms with Crippen LogP contribution in [0.5, 0.6) is 5.75 Å². The number of esters is 1. The zero-order chi connectivity index (χ0) is 25.3. The van der Waals surface area contributed by atoms with Crippen LogP contribution >= 0.6 is 0 Å². The van der Waals surface area contributed by atoms with Crippen LogP contribution in [-0.4, -0.2) is 54.8 Å². The van der Waals surface area contributed by atoms with Crippen LogP contribution in [0.1, 0.15) is 48.4 Å². The third kappa shape index (κ3) is 7.08. The number of phenolic OH excluding ortho intramolecular Hbond substituents is 1. The first-order valence-corrected chi connectivity index (χ1v) is 12.9. The van der Waals surface area contributed by atoms with E-state index in [1.807, 2.05) is 18.2 Å². The molecule has 6 nitrogen and oxygen atoms in total. The van der Waals surface area contributed by atoms with E-state index >= 15 is 0 Å². The van der Waals surface area contributed by atoms with Crippen LogP contribution in [0.3, 0.4) is 0 Å². The van der Waals surface area contributed by atoms with E-state index in [1.54, 1.807) is 12.1 Å². The highest BCUT2D eigenvalue weighted by atomic mass is 16.5. The van der Waals surface area contributed by atoms with Gasteiger partial charge in [0.15, 0.2) is 0 Å². The summed E-state index contributed by atoms with van der Waals surface area (Å²) in [5, 5.41) is 13.0. The van der Waals surface area contributed by atoms with Gasteiger partial charge < -0.3 is 20.1 Å². The molecular formula is C30H37N3O3. The second kappa shape index (κ2) is 12.5. The van der Waals surface area contributed by atoms with Crippen LogP contribution < -0.4 is 5.32 Å². The highest BCUT2D eigenvalue weighted by Crippen LogP contribution is 2.28. The van der Waals surface area contributed by atoms with Gasteiger partial charge in [0.1, 0.15) is 11.6 Å². The van der Waals surface area contributed by atoms with Gasteiger partial charge in [0.25, 0.3) is 0 Å². The zero-order valence-electron chi connectivity index (χ0n) is 21.4. The van der Waals surface area contributed by atoms with Gasteiger partial charge in [0.2, 0.25) is 0 Å². The Hall–Kier alpha value is -3.38. The average Bonchev–Trinajstić information content (AvgIpc) is 2.91. The van der Waals surface area contributed by atoms with Gasteiger partial charge in [-0.05, 0) is 86.1 Å². The molecule has 1 aliphatic heterocycles. The number of aryl methyl sites for hydroxylation is 2. The van der Waals surface area contributed by atoms with Gasteiger partial charge in [-0.3, -0.25) is 4.79 Å². The Morgan fingerprint density at radius 3 is 2.75 bits per heavy atom. The van der Waals surface area contributed by atoms with E-state index in [4.69, 9.17) is 9.72 Å². The number of fused-ring (bicyclic) bond motifs is 1. The number of pyridine rings is 1. The lowest BCUT2D eigenvalue weighted by atomic mass is 9.92. The average molecular weight is 488 g/mol. The summed E-state index contributed by atoms with van der Waals surface area (Å²) in [4.78, 5) is 19.3. The van der Waals surface area contributed by atoms with Crippen molar-refractivity contribution in [2.24, 2.45) is 0 Å². The van der Waals surface area contributed by atoms with Crippen molar-refractivity contribution in [2.75, 3.05) is 39.1 Å². The first kappa shape index (κ1) is 25.7. The van der Waals surface area contributed by atoms with Gasteiger partial charge in [-0.1, -0.05) is 42.5 Å². The van der Waals surface area contributed by atoms with E-state index in [9.17, 15) is 9.90 Å². The highest BCUT2D eigenvalue weighted by Gasteiger charge is 2.19. The first-order valence-electron chi connectivity index (χ1n) is 12.9. The molecule has 3 aromatic rings. The summed E-state index contributed by atoms with van der Waals surface area (Å²) in [5.41, 5.74) is 5.70. The molecule has 1 aliphatic rings. The van der Waals surface area contributed by atoms with E-state index in [1.165, 1.54) is 19.1 Å². The van der Waals surface area contributed by atoms with E-state index in [0.717, 1.165) is 73.5 Å². The SMILES string of the molecule is COC(=O)C[C@H](CN(C)CCCCc1ccc2c(n1)NCCC2)c1cccc(-c2ccc(O)cc2)c1. The third-order valence-electron chi connectivity index (χ3n) is 6.91. The number of hydrogen-bond acceptors (Lipinski definition) is 6. The molecule has 190 valence electrons. The Labute approximate surface area is 214 Å². The summed E-state index contributed by atoms with van der Waals surface area (Å²) >= 11 is 0. The van der Waals surface area contributed by atoms with Crippen LogP contribution in [-0.2, 0) is 22.4 Å². The number of anilines is 1. The molecule has 1 aromatic heterocycles. The quantitative estimate of drug-likeness (QED) is 0.278. The smallest absolute Gasteiger partial charge is 0.306 e. The minimum Gasteiger partial charge on any atom is -0.508 e. The Morgan fingerprint density at radius 1 is 1.11 bits per heavy atom. The van der Waals surface area contributed by atoms with Gasteiger partial charge >= 0.3 is 5.97 Å². The van der Waals surface area contributed by atoms with Crippen molar-refractivity contribution < 1.29 is 14.6 Å². The maximum absolute atomic E-state index is 12.2. The molecule has 4 rings (SSSR count). The molecule has 2 heterocycles. The number of benzene rings is 2. The summed E-state index contributed by atoms with van der Waals surface area (Å²) in [6.07, 6.45) is 5.76. The Balaban J connectivity index is 1.34. The largest absolute Gasteiger partial charge is 0.508 e. The van der Waals surface area contributed by atoms with Crippen LogP contribution in [0.15, 0.2) is 60.7 Å². The molecule has 36 heavy (non-hydrogen) atoms. The van der Waals surface area contributed by atoms with Crippen molar-refractivity contribution in [1.82, 2.24) is 9.88 Å². The first-order chi connectivity index (χ1) is 17.5. The van der Waals surface area contributed by atoms with E-state index in [0.29, 0.717) is 6.42 Å². The minimum absolute atomic E-state index is 0.0351. The number of hydrogen-bond donors (Lipinski definition) is 2. The van der Waals surface area contributed by atoms with Crippen molar-refractivity contribution >= 4 is 11.8 Å². The van der Waals surface area contributed by atoms with Crippen molar-refractivity contribution in [3.8, 4) is 16.9 Å². The number of nitrogens with one attached hydrogen (secondary N) is 1. The Morgan fingerprint density at radius 2 is 1.94 bits per heavy atom. The zero-order valence-corrected chi connectivity index (χ0v) is 21.4. The van der Waals surface area contributed by atoms with Gasteiger partial charge in [0, 0.05) is 24.7 Å². The number of aromatic nitrogens is 1. The number of likely N-dealkylation sites (N-methyl/N-ethyl adjacent to an activating group) is 1. The van der Waals surface area contributed by atoms with Crippen molar-refractivity contribution in [3.05, 3.63) is 77.5 Å². The number of phenols is 1. The Bertz CT molecular complexity index is 1150. The summed E-state index contributed by atoms with van der Waals surface area (Å²) in [6.45, 7) is 2.74. The molecular weight excluding hydrogens is 450 g/mol. The maximum atomic E-state index is 12.2. The topological polar surface area (TPSA) is 74.7 Å². The molecule has 0 aliphatic carbocycles. The van der Waals surface area contributed by atoms with Gasteiger partial charge in [0.05, 0.1) is 13.5 Å². The van der Waals surface area contributed by atoms with Gasteiger partial charge in [-0.25, -0.2) is 4.98 Å². The number of carbonyl (C=O) groups excluding carboxylic acids is 1. The van der Waals surface area contributed by atoms with Crippen molar-refractivity contribution in [3.63, 3.8) is 0 Å². The third-order valence-corrected chi connectivity index (χ3v) is 6.91.